The highest BCUT2D eigenvalue weighted by molar-refractivity contribution is 6.30. The highest BCUT2D eigenvalue weighted by atomic mass is 35.5. The maximum Gasteiger partial charge on any atom is 0.407 e. The van der Waals surface area contributed by atoms with Gasteiger partial charge in [-0.3, -0.25) is 9.59 Å². The molecule has 2 N–H and O–H groups in total. The molecule has 39 heavy (non-hydrogen) atoms. The summed E-state index contributed by atoms with van der Waals surface area (Å²) in [7, 11) is 0. The van der Waals surface area contributed by atoms with Gasteiger partial charge in [-0.05, 0) is 76.0 Å². The van der Waals surface area contributed by atoms with Crippen molar-refractivity contribution in [2.45, 2.75) is 90.8 Å². The van der Waals surface area contributed by atoms with E-state index in [0.29, 0.717) is 24.5 Å². The average molecular weight is 562 g/mol. The molecular weight excluding hydrogens is 518 g/mol. The van der Waals surface area contributed by atoms with Crippen LogP contribution < -0.4 is 0 Å². The van der Waals surface area contributed by atoms with Gasteiger partial charge in [0, 0.05) is 42.7 Å². The molecule has 1 aromatic carbocycles. The lowest BCUT2D eigenvalue weighted by Gasteiger charge is -2.45. The summed E-state index contributed by atoms with van der Waals surface area (Å²) >= 11 is 6.10. The van der Waals surface area contributed by atoms with Crippen LogP contribution in [0, 0.1) is 16.7 Å². The summed E-state index contributed by atoms with van der Waals surface area (Å²) in [5.41, 5.74) is 0.254. The Kier molecular flexibility index (Phi) is 8.58. The van der Waals surface area contributed by atoms with Crippen molar-refractivity contribution < 1.29 is 24.6 Å². The summed E-state index contributed by atoms with van der Waals surface area (Å²) in [6, 6.07) is 6.92. The zero-order valence-corrected chi connectivity index (χ0v) is 24.7. The molecule has 1 aliphatic carbocycles. The molecule has 0 radical (unpaired) electrons. The molecule has 4 atom stereocenters. The van der Waals surface area contributed by atoms with Gasteiger partial charge in [-0.2, -0.15) is 0 Å². The summed E-state index contributed by atoms with van der Waals surface area (Å²) < 4.78 is 0. The first-order chi connectivity index (χ1) is 18.3. The Bertz CT molecular complexity index is 1060. The number of aliphatic hydroxyl groups is 1. The van der Waals surface area contributed by atoms with Gasteiger partial charge in [0.1, 0.15) is 0 Å². The van der Waals surface area contributed by atoms with Gasteiger partial charge in [0.15, 0.2) is 0 Å². The van der Waals surface area contributed by atoms with E-state index in [-0.39, 0.29) is 54.4 Å². The van der Waals surface area contributed by atoms with Crippen molar-refractivity contribution in [2.75, 3.05) is 26.2 Å². The summed E-state index contributed by atoms with van der Waals surface area (Å²) in [5, 5.41) is 20.4. The molecule has 3 aliphatic rings. The summed E-state index contributed by atoms with van der Waals surface area (Å²) in [6.07, 6.45) is 3.54. The van der Waals surface area contributed by atoms with E-state index in [9.17, 15) is 24.6 Å². The largest absolute Gasteiger partial charge is 0.465 e. The molecule has 2 saturated heterocycles. The molecule has 0 aromatic heterocycles. The van der Waals surface area contributed by atoms with Gasteiger partial charge in [0.2, 0.25) is 11.8 Å². The normalized spacial score (nSPS) is 27.6. The van der Waals surface area contributed by atoms with Crippen molar-refractivity contribution in [1.29, 1.82) is 0 Å². The second-order valence-corrected chi connectivity index (χ2v) is 13.7. The van der Waals surface area contributed by atoms with Crippen LogP contribution in [0.3, 0.4) is 0 Å². The van der Waals surface area contributed by atoms with Gasteiger partial charge in [-0.25, -0.2) is 4.79 Å². The number of amides is 3. The van der Waals surface area contributed by atoms with Crippen LogP contribution in [0.5, 0.6) is 0 Å². The molecule has 2 aliphatic heterocycles. The molecule has 216 valence electrons. The highest BCUT2D eigenvalue weighted by Crippen LogP contribution is 2.42. The first kappa shape index (κ1) is 29.7. The molecule has 4 rings (SSSR count). The maximum absolute atomic E-state index is 14.0. The number of hydrogen-bond acceptors (Lipinski definition) is 4. The number of hydrogen-bond donors (Lipinski definition) is 2. The monoisotopic (exact) mass is 561 g/mol. The third kappa shape index (κ3) is 6.07. The van der Waals surface area contributed by atoms with Crippen molar-refractivity contribution in [3.8, 4) is 0 Å². The van der Waals surface area contributed by atoms with Gasteiger partial charge in [0.05, 0.1) is 24.0 Å². The minimum absolute atomic E-state index is 0.0559. The Balaban J connectivity index is 1.56. The Morgan fingerprint density at radius 3 is 2.23 bits per heavy atom. The molecule has 1 unspecified atom stereocenters. The minimum atomic E-state index is -1.03. The van der Waals surface area contributed by atoms with Crippen LogP contribution in [0.25, 0.3) is 0 Å². The van der Waals surface area contributed by atoms with E-state index < -0.39 is 17.4 Å². The van der Waals surface area contributed by atoms with Crippen LogP contribution in [0.4, 0.5) is 4.79 Å². The lowest BCUT2D eigenvalue weighted by atomic mass is 9.74. The van der Waals surface area contributed by atoms with E-state index in [0.717, 1.165) is 31.2 Å². The first-order valence-electron chi connectivity index (χ1n) is 14.2. The minimum Gasteiger partial charge on any atom is -0.465 e. The molecule has 3 amide bonds. The van der Waals surface area contributed by atoms with Crippen LogP contribution in [0.15, 0.2) is 24.3 Å². The molecule has 1 saturated carbocycles. The highest BCUT2D eigenvalue weighted by Gasteiger charge is 2.49. The lowest BCUT2D eigenvalue weighted by Crippen LogP contribution is -2.55. The van der Waals surface area contributed by atoms with Gasteiger partial charge in [-0.15, -0.1) is 0 Å². The molecule has 0 bridgehead atoms. The van der Waals surface area contributed by atoms with E-state index in [2.05, 4.69) is 13.8 Å². The van der Waals surface area contributed by atoms with Crippen LogP contribution >= 0.6 is 11.6 Å². The fraction of sp³-hybridized carbons (Fsp3) is 0.700. The topological polar surface area (TPSA) is 101 Å². The Morgan fingerprint density at radius 2 is 1.67 bits per heavy atom. The standard InChI is InChI=1S/C30H44ClN3O5/c1-19-25(20-6-8-21(31)9-7-20)24(17-33(19)28(38)39)26(36)32-15-12-23(16-32)34(27(37)30(4,5)18-35)22-10-13-29(2,3)14-11-22/h6-9,19,22-25,35H,10-18H2,1-5H3,(H,38,39)/t19?,23-,24+,25-/m0/s1. The summed E-state index contributed by atoms with van der Waals surface area (Å²) in [6.45, 7) is 10.8. The van der Waals surface area contributed by atoms with Crippen LogP contribution in [-0.4, -0.2) is 87.2 Å². The number of carbonyl (C=O) groups excluding carboxylic acids is 2. The molecule has 0 spiro atoms. The van der Waals surface area contributed by atoms with E-state index in [1.807, 2.05) is 28.9 Å². The van der Waals surface area contributed by atoms with Crippen molar-refractivity contribution in [3.63, 3.8) is 0 Å². The fourth-order valence-corrected chi connectivity index (χ4v) is 6.94. The third-order valence-electron chi connectivity index (χ3n) is 9.44. The molecule has 8 nitrogen and oxygen atoms in total. The zero-order valence-electron chi connectivity index (χ0n) is 23.9. The molecule has 9 heteroatoms. The number of carbonyl (C=O) groups is 3. The van der Waals surface area contributed by atoms with Crippen LogP contribution in [0.2, 0.25) is 5.02 Å². The summed E-state index contributed by atoms with van der Waals surface area (Å²) in [5.74, 6) is -0.910. The van der Waals surface area contributed by atoms with E-state index in [4.69, 9.17) is 11.6 Å². The van der Waals surface area contributed by atoms with Gasteiger partial charge >= 0.3 is 6.09 Å². The lowest BCUT2D eigenvalue weighted by molar-refractivity contribution is -0.149. The number of rotatable bonds is 6. The van der Waals surface area contributed by atoms with Gasteiger partial charge in [-0.1, -0.05) is 37.6 Å². The quantitative estimate of drug-likeness (QED) is 0.517. The number of aliphatic hydroxyl groups excluding tert-OH is 1. The predicted octanol–water partition coefficient (Wildman–Crippen LogP) is 4.84. The van der Waals surface area contributed by atoms with Crippen molar-refractivity contribution >= 4 is 29.5 Å². The number of nitrogens with zero attached hydrogens (tertiary/aromatic N) is 3. The number of carboxylic acid groups (broad SMARTS) is 1. The molecule has 2 heterocycles. The second kappa shape index (κ2) is 11.3. The molecular formula is C30H44ClN3O5. The molecule has 1 aromatic rings. The SMILES string of the molecule is CC1[C@@H](c2ccc(Cl)cc2)[C@H](C(=O)N2CC[C@H](N(C(=O)C(C)(C)CO)C3CCC(C)(C)CC3)C2)CN1C(=O)O. The van der Waals surface area contributed by atoms with Crippen molar-refractivity contribution in [3.05, 3.63) is 34.9 Å². The number of benzene rings is 1. The fourth-order valence-electron chi connectivity index (χ4n) is 6.81. The van der Waals surface area contributed by atoms with Gasteiger partial charge in [0.25, 0.3) is 0 Å². The van der Waals surface area contributed by atoms with Crippen molar-refractivity contribution in [2.24, 2.45) is 16.7 Å². The molecule has 3 fully saturated rings. The predicted molar refractivity (Wildman–Crippen MR) is 151 cm³/mol. The average Bonchev–Trinajstić information content (AvgIpc) is 3.50. The maximum atomic E-state index is 14.0. The van der Waals surface area contributed by atoms with Gasteiger partial charge < -0.3 is 24.9 Å². The van der Waals surface area contributed by atoms with E-state index in [1.54, 1.807) is 26.0 Å². The first-order valence-corrected chi connectivity index (χ1v) is 14.6. The Morgan fingerprint density at radius 1 is 1.05 bits per heavy atom. The smallest absolute Gasteiger partial charge is 0.407 e. The summed E-state index contributed by atoms with van der Waals surface area (Å²) in [4.78, 5) is 45.0. The van der Waals surface area contributed by atoms with Crippen LogP contribution in [-0.2, 0) is 9.59 Å². The number of halogens is 1. The third-order valence-corrected chi connectivity index (χ3v) is 9.69. The van der Waals surface area contributed by atoms with E-state index >= 15 is 0 Å². The Hall–Kier alpha value is -2.32. The van der Waals surface area contributed by atoms with Crippen LogP contribution in [0.1, 0.15) is 78.2 Å². The zero-order chi connectivity index (χ0) is 28.7. The number of likely N-dealkylation sites (tertiary alicyclic amines) is 2. The Labute approximate surface area is 237 Å². The van der Waals surface area contributed by atoms with E-state index in [1.165, 1.54) is 4.90 Å². The second-order valence-electron chi connectivity index (χ2n) is 13.2. The van der Waals surface area contributed by atoms with Crippen molar-refractivity contribution in [1.82, 2.24) is 14.7 Å².